The van der Waals surface area contributed by atoms with Gasteiger partial charge in [0.15, 0.2) is 0 Å². The van der Waals surface area contributed by atoms with E-state index in [0.29, 0.717) is 17.0 Å². The lowest BCUT2D eigenvalue weighted by atomic mass is 9.99. The predicted octanol–water partition coefficient (Wildman–Crippen LogP) is 3.87. The SMILES string of the molecule is CCC(C)c1ccc(S(=O)(=O)Nc2cc(S(=O)(=O)N(C)C)cc(C)c2C)cc1. The molecule has 1 unspecified atom stereocenters. The summed E-state index contributed by atoms with van der Waals surface area (Å²) in [6, 6.07) is 9.69. The van der Waals surface area contributed by atoms with Gasteiger partial charge in [-0.3, -0.25) is 4.72 Å². The van der Waals surface area contributed by atoms with Crippen LogP contribution in [0.5, 0.6) is 0 Å². The van der Waals surface area contributed by atoms with Crippen molar-refractivity contribution in [2.24, 2.45) is 0 Å². The monoisotopic (exact) mass is 424 g/mol. The van der Waals surface area contributed by atoms with Gasteiger partial charge >= 0.3 is 0 Å². The fourth-order valence-corrected chi connectivity index (χ4v) is 4.83. The lowest BCUT2D eigenvalue weighted by Crippen LogP contribution is -2.23. The molecule has 2 rings (SSSR count). The molecular weight excluding hydrogens is 396 g/mol. The van der Waals surface area contributed by atoms with Gasteiger partial charge in [-0.1, -0.05) is 26.0 Å². The van der Waals surface area contributed by atoms with Gasteiger partial charge in [-0.05, 0) is 67.1 Å². The molecule has 0 aliphatic rings. The topological polar surface area (TPSA) is 83.5 Å². The van der Waals surface area contributed by atoms with Crippen molar-refractivity contribution in [1.29, 1.82) is 0 Å². The molecule has 2 aromatic rings. The maximum atomic E-state index is 12.8. The molecule has 1 atom stereocenters. The van der Waals surface area contributed by atoms with E-state index in [2.05, 4.69) is 18.6 Å². The first kappa shape index (κ1) is 22.4. The van der Waals surface area contributed by atoms with Gasteiger partial charge in [0.05, 0.1) is 15.5 Å². The van der Waals surface area contributed by atoms with E-state index < -0.39 is 20.0 Å². The molecule has 0 fully saturated rings. The van der Waals surface area contributed by atoms with E-state index in [1.165, 1.54) is 20.2 Å². The average Bonchev–Trinajstić information content (AvgIpc) is 2.64. The van der Waals surface area contributed by atoms with Gasteiger partial charge in [-0.15, -0.1) is 0 Å². The number of sulfonamides is 2. The van der Waals surface area contributed by atoms with Crippen molar-refractivity contribution < 1.29 is 16.8 Å². The second-order valence-corrected chi connectivity index (χ2v) is 11.0. The molecule has 0 spiro atoms. The third-order valence-corrected chi connectivity index (χ3v) is 8.21. The number of nitrogens with zero attached hydrogens (tertiary/aromatic N) is 1. The van der Waals surface area contributed by atoms with Crippen LogP contribution in [0, 0.1) is 13.8 Å². The molecule has 2 aromatic carbocycles. The van der Waals surface area contributed by atoms with Crippen molar-refractivity contribution >= 4 is 25.7 Å². The first-order chi connectivity index (χ1) is 12.9. The van der Waals surface area contributed by atoms with Gasteiger partial charge in [-0.25, -0.2) is 21.1 Å². The van der Waals surface area contributed by atoms with E-state index in [9.17, 15) is 16.8 Å². The third-order valence-electron chi connectivity index (χ3n) is 5.04. The fraction of sp³-hybridized carbons (Fsp3) is 0.400. The quantitative estimate of drug-likeness (QED) is 0.731. The Balaban J connectivity index is 2.45. The predicted molar refractivity (Wildman–Crippen MR) is 113 cm³/mol. The highest BCUT2D eigenvalue weighted by Gasteiger charge is 2.22. The summed E-state index contributed by atoms with van der Waals surface area (Å²) in [5, 5.41) is 0. The minimum Gasteiger partial charge on any atom is -0.279 e. The molecule has 0 heterocycles. The van der Waals surface area contributed by atoms with E-state index in [4.69, 9.17) is 0 Å². The van der Waals surface area contributed by atoms with Crippen molar-refractivity contribution in [2.75, 3.05) is 18.8 Å². The molecule has 0 saturated heterocycles. The van der Waals surface area contributed by atoms with Gasteiger partial charge in [0.25, 0.3) is 10.0 Å². The first-order valence-electron chi connectivity index (χ1n) is 9.06. The summed E-state index contributed by atoms with van der Waals surface area (Å²) >= 11 is 0. The summed E-state index contributed by atoms with van der Waals surface area (Å²) in [6.45, 7) is 7.68. The van der Waals surface area contributed by atoms with Crippen molar-refractivity contribution in [2.45, 2.75) is 49.8 Å². The zero-order valence-electron chi connectivity index (χ0n) is 17.1. The highest BCUT2D eigenvalue weighted by Crippen LogP contribution is 2.28. The molecule has 1 N–H and O–H groups in total. The summed E-state index contributed by atoms with van der Waals surface area (Å²) in [5.41, 5.74) is 2.70. The normalized spacial score (nSPS) is 13.5. The van der Waals surface area contributed by atoms with E-state index in [1.54, 1.807) is 32.0 Å². The van der Waals surface area contributed by atoms with Crippen LogP contribution < -0.4 is 4.72 Å². The van der Waals surface area contributed by atoms with Crippen LogP contribution >= 0.6 is 0 Å². The number of hydrogen-bond acceptors (Lipinski definition) is 4. The Morgan fingerprint density at radius 2 is 1.54 bits per heavy atom. The van der Waals surface area contributed by atoms with Crippen molar-refractivity contribution in [1.82, 2.24) is 4.31 Å². The van der Waals surface area contributed by atoms with Gasteiger partial charge in [0, 0.05) is 14.1 Å². The van der Waals surface area contributed by atoms with Crippen molar-refractivity contribution in [3.8, 4) is 0 Å². The first-order valence-corrected chi connectivity index (χ1v) is 12.0. The number of benzene rings is 2. The number of aryl methyl sites for hydroxylation is 1. The molecule has 0 aromatic heterocycles. The van der Waals surface area contributed by atoms with Crippen LogP contribution in [-0.2, 0) is 20.0 Å². The summed E-state index contributed by atoms with van der Waals surface area (Å²) in [5.74, 6) is 0.350. The van der Waals surface area contributed by atoms with Crippen LogP contribution in [0.25, 0.3) is 0 Å². The average molecular weight is 425 g/mol. The number of anilines is 1. The highest BCUT2D eigenvalue weighted by atomic mass is 32.2. The maximum Gasteiger partial charge on any atom is 0.261 e. The van der Waals surface area contributed by atoms with Crippen LogP contribution in [0.15, 0.2) is 46.2 Å². The van der Waals surface area contributed by atoms with Crippen LogP contribution in [0.3, 0.4) is 0 Å². The molecule has 154 valence electrons. The standard InChI is InChI=1S/C20H28N2O4S2/c1-7-14(2)17-8-10-18(11-9-17)27(23,24)21-20-13-19(12-15(3)16(20)4)28(25,26)22(5)6/h8-14,21H,7H2,1-6H3. The van der Waals surface area contributed by atoms with Crippen LogP contribution in [-0.4, -0.2) is 35.2 Å². The molecule has 0 radical (unpaired) electrons. The van der Waals surface area contributed by atoms with Crippen LogP contribution in [0.1, 0.15) is 42.9 Å². The van der Waals surface area contributed by atoms with E-state index in [0.717, 1.165) is 16.3 Å². The molecule has 0 saturated carbocycles. The number of nitrogens with one attached hydrogen (secondary N) is 1. The molecule has 0 aliphatic carbocycles. The van der Waals surface area contributed by atoms with Crippen LogP contribution in [0.2, 0.25) is 0 Å². The van der Waals surface area contributed by atoms with E-state index in [1.807, 2.05) is 12.1 Å². The molecule has 0 aliphatic heterocycles. The Bertz CT molecular complexity index is 1060. The summed E-state index contributed by atoms with van der Waals surface area (Å²) in [7, 11) is -4.65. The van der Waals surface area contributed by atoms with Gasteiger partial charge in [-0.2, -0.15) is 0 Å². The second kappa shape index (κ2) is 8.23. The number of rotatable bonds is 7. The Hall–Kier alpha value is -1.90. The zero-order valence-corrected chi connectivity index (χ0v) is 18.8. The molecular formula is C20H28N2O4S2. The van der Waals surface area contributed by atoms with Gasteiger partial charge in [0.2, 0.25) is 10.0 Å². The Morgan fingerprint density at radius 1 is 0.964 bits per heavy atom. The van der Waals surface area contributed by atoms with Gasteiger partial charge in [0.1, 0.15) is 0 Å². The third kappa shape index (κ3) is 4.56. The second-order valence-electron chi connectivity index (χ2n) is 7.18. The smallest absolute Gasteiger partial charge is 0.261 e. The minimum absolute atomic E-state index is 0.0467. The maximum absolute atomic E-state index is 12.8. The zero-order chi connectivity index (χ0) is 21.3. The van der Waals surface area contributed by atoms with Gasteiger partial charge < -0.3 is 0 Å². The minimum atomic E-state index is -3.84. The highest BCUT2D eigenvalue weighted by molar-refractivity contribution is 7.92. The van der Waals surface area contributed by atoms with E-state index >= 15 is 0 Å². The molecule has 6 nitrogen and oxygen atoms in total. The summed E-state index contributed by atoms with van der Waals surface area (Å²) < 4.78 is 54.3. The molecule has 0 bridgehead atoms. The van der Waals surface area contributed by atoms with E-state index in [-0.39, 0.29) is 15.5 Å². The molecule has 28 heavy (non-hydrogen) atoms. The lowest BCUT2D eigenvalue weighted by molar-refractivity contribution is 0.520. The molecule has 0 amide bonds. The Morgan fingerprint density at radius 3 is 2.04 bits per heavy atom. The lowest BCUT2D eigenvalue weighted by Gasteiger charge is -2.17. The van der Waals surface area contributed by atoms with Crippen molar-refractivity contribution in [3.05, 3.63) is 53.1 Å². The largest absolute Gasteiger partial charge is 0.279 e. The fourth-order valence-electron chi connectivity index (χ4n) is 2.71. The Kier molecular flexibility index (Phi) is 6.58. The summed E-state index contributed by atoms with van der Waals surface area (Å²) in [4.78, 5) is 0.183. The van der Waals surface area contributed by atoms with Crippen molar-refractivity contribution in [3.63, 3.8) is 0 Å². The number of hydrogen-bond donors (Lipinski definition) is 1. The van der Waals surface area contributed by atoms with Crippen LogP contribution in [0.4, 0.5) is 5.69 Å². The molecule has 8 heteroatoms. The summed E-state index contributed by atoms with van der Waals surface area (Å²) in [6.07, 6.45) is 0.968. The Labute approximate surface area is 168 Å².